The van der Waals surface area contributed by atoms with E-state index < -0.39 is 0 Å². The molecule has 6 heteroatoms. The van der Waals surface area contributed by atoms with Gasteiger partial charge in [0.15, 0.2) is 0 Å². The van der Waals surface area contributed by atoms with Crippen LogP contribution in [0.1, 0.15) is 37.7 Å². The zero-order chi connectivity index (χ0) is 22.4. The molecule has 0 amide bonds. The summed E-state index contributed by atoms with van der Waals surface area (Å²) in [6, 6.07) is 8.60. The highest BCUT2D eigenvalue weighted by molar-refractivity contribution is 5.61. The third-order valence-corrected chi connectivity index (χ3v) is 6.98. The first-order valence-electron chi connectivity index (χ1n) is 11.7. The van der Waals surface area contributed by atoms with Crippen molar-refractivity contribution in [2.75, 3.05) is 54.5 Å². The fourth-order valence-electron chi connectivity index (χ4n) is 5.39. The average Bonchev–Trinajstić information content (AvgIpc) is 3.04. The Bertz CT molecular complexity index is 692. The second-order valence-electron chi connectivity index (χ2n) is 9.97. The van der Waals surface area contributed by atoms with Gasteiger partial charge in [-0.25, -0.2) is 0 Å². The van der Waals surface area contributed by atoms with E-state index in [1.54, 1.807) is 0 Å². The van der Waals surface area contributed by atoms with Gasteiger partial charge < -0.3 is 24.5 Å². The zero-order valence-electron chi connectivity index (χ0n) is 19.9. The minimum absolute atomic E-state index is 0.248. The van der Waals surface area contributed by atoms with Crippen molar-refractivity contribution in [1.29, 1.82) is 0 Å². The minimum Gasteiger partial charge on any atom is -0.492 e. The first kappa shape index (κ1) is 24.0. The second kappa shape index (κ2) is 11.3. The van der Waals surface area contributed by atoms with Gasteiger partial charge in [0.05, 0.1) is 6.10 Å². The molecule has 0 saturated heterocycles. The van der Waals surface area contributed by atoms with Gasteiger partial charge >= 0.3 is 0 Å². The Morgan fingerprint density at radius 3 is 2.35 bits per heavy atom. The van der Waals surface area contributed by atoms with Crippen LogP contribution in [0.5, 0.6) is 5.75 Å². The van der Waals surface area contributed by atoms with Crippen LogP contribution in [0.25, 0.3) is 0 Å². The highest BCUT2D eigenvalue weighted by atomic mass is 16.6. The van der Waals surface area contributed by atoms with E-state index in [4.69, 9.17) is 9.57 Å². The summed E-state index contributed by atoms with van der Waals surface area (Å²) >= 11 is 0. The Hall–Kier alpha value is -1.63. The summed E-state index contributed by atoms with van der Waals surface area (Å²) in [7, 11) is 8.15. The van der Waals surface area contributed by atoms with Crippen molar-refractivity contribution in [3.05, 3.63) is 29.8 Å². The maximum absolute atomic E-state index is 10.8. The largest absolute Gasteiger partial charge is 0.492 e. The number of aliphatic hydroxyl groups excluding tert-OH is 1. The molecule has 0 heterocycles. The normalized spacial score (nSPS) is 30.8. The molecule has 3 rings (SSSR count). The third kappa shape index (κ3) is 6.67. The number of rotatable bonds is 10. The summed E-state index contributed by atoms with van der Waals surface area (Å²) < 4.78 is 5.84. The lowest BCUT2D eigenvalue weighted by atomic mass is 9.66. The maximum Gasteiger partial charge on any atom is 0.129 e. The zero-order valence-corrected chi connectivity index (χ0v) is 19.9. The van der Waals surface area contributed by atoms with Gasteiger partial charge in [0.25, 0.3) is 0 Å². The number of fused-ring (bicyclic) bond motifs is 1. The number of ether oxygens (including phenoxy) is 1. The molecule has 174 valence electrons. The van der Waals surface area contributed by atoms with Gasteiger partial charge in [-0.05, 0) is 88.8 Å². The molecule has 1 aromatic carbocycles. The lowest BCUT2D eigenvalue weighted by Crippen LogP contribution is -2.34. The summed E-state index contributed by atoms with van der Waals surface area (Å²) in [6.45, 7) is 5.40. The van der Waals surface area contributed by atoms with Crippen molar-refractivity contribution in [3.8, 4) is 5.75 Å². The average molecular weight is 432 g/mol. The Morgan fingerprint density at radius 2 is 1.68 bits per heavy atom. The van der Waals surface area contributed by atoms with E-state index in [-0.39, 0.29) is 6.10 Å². The van der Waals surface area contributed by atoms with Gasteiger partial charge in [0.1, 0.15) is 19.0 Å². The monoisotopic (exact) mass is 431 g/mol. The van der Waals surface area contributed by atoms with Crippen LogP contribution < -0.4 is 4.74 Å². The lowest BCUT2D eigenvalue weighted by Gasteiger charge is -2.39. The summed E-state index contributed by atoms with van der Waals surface area (Å²) in [6.07, 6.45) is 4.71. The molecule has 31 heavy (non-hydrogen) atoms. The van der Waals surface area contributed by atoms with Gasteiger partial charge in [-0.15, -0.1) is 0 Å². The topological polar surface area (TPSA) is 57.5 Å². The van der Waals surface area contributed by atoms with Gasteiger partial charge in [0.2, 0.25) is 0 Å². The molecule has 1 N–H and O–H groups in total. The molecule has 0 spiro atoms. The Labute approximate surface area is 188 Å². The number of nitrogens with zero attached hydrogens (tertiary/aromatic N) is 3. The molecule has 2 unspecified atom stereocenters. The number of aliphatic hydroxyl groups is 1. The van der Waals surface area contributed by atoms with Crippen molar-refractivity contribution < 1.29 is 14.7 Å². The molecule has 0 radical (unpaired) electrons. The van der Waals surface area contributed by atoms with Crippen LogP contribution in [-0.4, -0.2) is 81.7 Å². The van der Waals surface area contributed by atoms with Crippen molar-refractivity contribution >= 4 is 6.21 Å². The second-order valence-corrected chi connectivity index (χ2v) is 9.97. The molecular formula is C25H41N3O3. The van der Waals surface area contributed by atoms with E-state index in [9.17, 15) is 5.11 Å². The molecule has 2 aliphatic rings. The fourth-order valence-corrected chi connectivity index (χ4v) is 5.39. The van der Waals surface area contributed by atoms with Gasteiger partial charge in [-0.3, -0.25) is 0 Å². The Morgan fingerprint density at radius 1 is 1.00 bits per heavy atom. The number of hydrogen-bond donors (Lipinski definition) is 1. The summed E-state index contributed by atoms with van der Waals surface area (Å²) in [5.41, 5.74) is 1.36. The summed E-state index contributed by atoms with van der Waals surface area (Å²) in [5, 5.41) is 15.0. The molecular weight excluding hydrogens is 390 g/mol. The predicted molar refractivity (Wildman–Crippen MR) is 126 cm³/mol. The first-order chi connectivity index (χ1) is 14.8. The molecule has 2 fully saturated rings. The molecule has 1 aromatic rings. The molecule has 0 bridgehead atoms. The highest BCUT2D eigenvalue weighted by Gasteiger charge is 2.48. The van der Waals surface area contributed by atoms with Crippen LogP contribution in [0.15, 0.2) is 29.4 Å². The standard InChI is InChI=1S/C25H41N3O3/c1-18-14-20(19-6-8-22(9-7-19)30-12-10-27(2)3)15-23-24(29)16-21(25(18)23)17-26-31-13-11-28(4)5/h6-9,17-18,20-21,23-25,29H,10-16H2,1-5H3/b26-17+/t18?,20-,21+,23+,24?,25+/m0/s1. The molecule has 2 aliphatic carbocycles. The summed E-state index contributed by atoms with van der Waals surface area (Å²) in [4.78, 5) is 9.63. The third-order valence-electron chi connectivity index (χ3n) is 6.98. The highest BCUT2D eigenvalue weighted by Crippen LogP contribution is 2.52. The Balaban J connectivity index is 1.56. The molecule has 2 saturated carbocycles. The van der Waals surface area contributed by atoms with Gasteiger partial charge in [0, 0.05) is 25.2 Å². The molecule has 6 atom stereocenters. The van der Waals surface area contributed by atoms with E-state index in [0.717, 1.165) is 38.1 Å². The molecule has 6 nitrogen and oxygen atoms in total. The molecule has 0 aromatic heterocycles. The van der Waals surface area contributed by atoms with Crippen LogP contribution >= 0.6 is 0 Å². The van der Waals surface area contributed by atoms with E-state index in [0.29, 0.717) is 42.8 Å². The predicted octanol–water partition coefficient (Wildman–Crippen LogP) is 3.32. The van der Waals surface area contributed by atoms with E-state index in [2.05, 4.69) is 60.2 Å². The van der Waals surface area contributed by atoms with E-state index in [1.165, 1.54) is 5.56 Å². The minimum atomic E-state index is -0.248. The van der Waals surface area contributed by atoms with E-state index >= 15 is 0 Å². The van der Waals surface area contributed by atoms with Crippen LogP contribution in [0, 0.1) is 23.7 Å². The fraction of sp³-hybridized carbons (Fsp3) is 0.720. The summed E-state index contributed by atoms with van der Waals surface area (Å²) in [5.74, 6) is 3.11. The van der Waals surface area contributed by atoms with Crippen molar-refractivity contribution in [1.82, 2.24) is 9.80 Å². The molecule has 0 aliphatic heterocycles. The lowest BCUT2D eigenvalue weighted by molar-refractivity contribution is 0.0659. The van der Waals surface area contributed by atoms with Crippen molar-refractivity contribution in [3.63, 3.8) is 0 Å². The first-order valence-corrected chi connectivity index (χ1v) is 11.7. The van der Waals surface area contributed by atoms with Crippen molar-refractivity contribution in [2.45, 2.75) is 38.2 Å². The SMILES string of the molecule is CC1C[C@H](c2ccc(OCCN(C)C)cc2)C[C@@H]2C(O)C[C@H](/C=N/OCCN(C)C)[C@@H]12. The smallest absolute Gasteiger partial charge is 0.129 e. The van der Waals surface area contributed by atoms with Crippen LogP contribution in [0.4, 0.5) is 0 Å². The van der Waals surface area contributed by atoms with E-state index in [1.807, 2.05) is 20.3 Å². The van der Waals surface area contributed by atoms with Gasteiger partial charge in [-0.2, -0.15) is 0 Å². The number of benzene rings is 1. The number of likely N-dealkylation sites (N-methyl/N-ethyl adjacent to an activating group) is 2. The Kier molecular flexibility index (Phi) is 8.76. The number of hydrogen-bond acceptors (Lipinski definition) is 6. The van der Waals surface area contributed by atoms with Crippen LogP contribution in [0.2, 0.25) is 0 Å². The van der Waals surface area contributed by atoms with Crippen LogP contribution in [0.3, 0.4) is 0 Å². The number of oxime groups is 1. The maximum atomic E-state index is 10.8. The quantitative estimate of drug-likeness (QED) is 0.350. The van der Waals surface area contributed by atoms with Gasteiger partial charge in [-0.1, -0.05) is 24.2 Å². The van der Waals surface area contributed by atoms with Crippen LogP contribution in [-0.2, 0) is 4.84 Å². The van der Waals surface area contributed by atoms with Crippen molar-refractivity contribution in [2.24, 2.45) is 28.8 Å².